The quantitative estimate of drug-likeness (QED) is 0.585. The predicted octanol–water partition coefficient (Wildman–Crippen LogP) is 3.41. The maximum Gasteiger partial charge on any atom is 0.337 e. The molecule has 0 saturated carbocycles. The number of carboxylic acid groups (broad SMARTS) is 1. The Labute approximate surface area is 195 Å². The normalized spacial score (nSPS) is 26.6. The Kier molecular flexibility index (Phi) is 6.65. The molecule has 3 aliphatic rings. The Balaban J connectivity index is 1.65. The Morgan fingerprint density at radius 2 is 2.09 bits per heavy atom. The van der Waals surface area contributed by atoms with Gasteiger partial charge in [0.1, 0.15) is 17.9 Å². The molecule has 2 heterocycles. The largest absolute Gasteiger partial charge is 0.496 e. The maximum atomic E-state index is 13.7. The number of carbonyl (C=O) groups excluding carboxylic acids is 2. The van der Waals surface area contributed by atoms with Crippen LogP contribution < -0.4 is 9.47 Å². The van der Waals surface area contributed by atoms with Gasteiger partial charge in [0, 0.05) is 25.0 Å². The molecule has 0 radical (unpaired) electrons. The van der Waals surface area contributed by atoms with Crippen LogP contribution in [0.2, 0.25) is 5.02 Å². The molecule has 1 aliphatic carbocycles. The number of benzene rings is 1. The summed E-state index contributed by atoms with van der Waals surface area (Å²) in [6.07, 6.45) is 3.78. The summed E-state index contributed by atoms with van der Waals surface area (Å²) in [7, 11) is 1.34. The van der Waals surface area contributed by atoms with E-state index in [0.29, 0.717) is 6.61 Å². The van der Waals surface area contributed by atoms with Crippen molar-refractivity contribution in [2.45, 2.75) is 44.5 Å². The number of halogens is 1. The summed E-state index contributed by atoms with van der Waals surface area (Å²) < 4.78 is 28.4. The van der Waals surface area contributed by atoms with Crippen LogP contribution in [-0.2, 0) is 19.0 Å². The van der Waals surface area contributed by atoms with Gasteiger partial charge in [-0.05, 0) is 25.3 Å². The van der Waals surface area contributed by atoms with Crippen molar-refractivity contribution >= 4 is 29.1 Å². The Morgan fingerprint density at radius 3 is 2.76 bits per heavy atom. The van der Waals surface area contributed by atoms with Crippen molar-refractivity contribution in [3.8, 4) is 11.5 Å². The first-order valence-electron chi connectivity index (χ1n) is 10.8. The number of Topliss-reactive ketones (excluding diaryl/α,β-unsaturated/α-hetero) is 1. The predicted molar refractivity (Wildman–Crippen MR) is 115 cm³/mol. The highest BCUT2D eigenvalue weighted by molar-refractivity contribution is 6.36. The molecule has 0 amide bonds. The van der Waals surface area contributed by atoms with E-state index in [0.717, 1.165) is 19.3 Å². The molecule has 178 valence electrons. The monoisotopic (exact) mass is 480 g/mol. The van der Waals surface area contributed by atoms with Crippen LogP contribution in [0.3, 0.4) is 0 Å². The van der Waals surface area contributed by atoms with E-state index in [1.54, 1.807) is 6.92 Å². The highest BCUT2D eigenvalue weighted by Crippen LogP contribution is 2.53. The third kappa shape index (κ3) is 4.09. The molecule has 33 heavy (non-hydrogen) atoms. The molecule has 1 fully saturated rings. The number of ether oxygens (including phenoxy) is 5. The van der Waals surface area contributed by atoms with Gasteiger partial charge in [-0.15, -0.1) is 0 Å². The third-order valence-corrected chi connectivity index (χ3v) is 6.48. The topological polar surface area (TPSA) is 118 Å². The number of aromatic carboxylic acids is 1. The van der Waals surface area contributed by atoms with Crippen LogP contribution in [0.15, 0.2) is 17.9 Å². The van der Waals surface area contributed by atoms with Crippen molar-refractivity contribution < 1.29 is 43.2 Å². The van der Waals surface area contributed by atoms with Crippen LogP contribution in [0, 0.1) is 5.92 Å². The minimum absolute atomic E-state index is 0.0152. The lowest BCUT2D eigenvalue weighted by molar-refractivity contribution is -0.165. The summed E-state index contributed by atoms with van der Waals surface area (Å²) >= 11 is 6.34. The van der Waals surface area contributed by atoms with E-state index in [-0.39, 0.29) is 65.1 Å². The van der Waals surface area contributed by atoms with Gasteiger partial charge in [0.05, 0.1) is 24.3 Å². The van der Waals surface area contributed by atoms with Crippen molar-refractivity contribution in [2.75, 3.05) is 26.9 Å². The van der Waals surface area contributed by atoms with Gasteiger partial charge in [0.2, 0.25) is 11.4 Å². The number of hydrogen-bond acceptors (Lipinski definition) is 8. The van der Waals surface area contributed by atoms with Gasteiger partial charge < -0.3 is 28.8 Å². The van der Waals surface area contributed by atoms with E-state index < -0.39 is 23.3 Å². The Bertz CT molecular complexity index is 1010. The summed E-state index contributed by atoms with van der Waals surface area (Å²) in [4.78, 5) is 37.6. The highest BCUT2D eigenvalue weighted by Gasteiger charge is 2.60. The van der Waals surface area contributed by atoms with Crippen LogP contribution in [0.1, 0.15) is 53.3 Å². The summed E-state index contributed by atoms with van der Waals surface area (Å²) in [5.41, 5.74) is -1.88. The smallest absolute Gasteiger partial charge is 0.337 e. The SMILES string of the molecule is COC1=CC(=O)C[C@@H](C)[C@]12Oc1c(Cl)c(C(=O)O)cc(OCCOC3CCCCO3)c1C2=O. The molecule has 1 unspecified atom stereocenters. The average Bonchev–Trinajstić information content (AvgIpc) is 3.10. The fourth-order valence-corrected chi connectivity index (χ4v) is 4.72. The van der Waals surface area contributed by atoms with Crippen molar-refractivity contribution in [1.29, 1.82) is 0 Å². The Morgan fingerprint density at radius 1 is 1.30 bits per heavy atom. The number of rotatable bonds is 7. The second-order valence-electron chi connectivity index (χ2n) is 8.21. The zero-order chi connectivity index (χ0) is 23.8. The summed E-state index contributed by atoms with van der Waals surface area (Å²) in [6.45, 7) is 2.56. The molecule has 10 heteroatoms. The molecule has 1 aromatic carbocycles. The molecule has 0 bridgehead atoms. The van der Waals surface area contributed by atoms with Gasteiger partial charge in [0.15, 0.2) is 23.6 Å². The number of hydrogen-bond donors (Lipinski definition) is 1. The minimum atomic E-state index is -1.63. The van der Waals surface area contributed by atoms with Crippen LogP contribution in [-0.4, -0.2) is 61.5 Å². The molecule has 1 saturated heterocycles. The van der Waals surface area contributed by atoms with Crippen LogP contribution in [0.25, 0.3) is 0 Å². The van der Waals surface area contributed by atoms with E-state index >= 15 is 0 Å². The van der Waals surface area contributed by atoms with E-state index in [2.05, 4.69) is 0 Å². The summed E-state index contributed by atoms with van der Waals surface area (Å²) in [6, 6.07) is 1.20. The number of ketones is 2. The van der Waals surface area contributed by atoms with Crippen LogP contribution in [0.4, 0.5) is 0 Å². The van der Waals surface area contributed by atoms with Crippen molar-refractivity contribution in [3.05, 3.63) is 34.1 Å². The molecule has 1 aromatic rings. The molecule has 3 atom stereocenters. The van der Waals surface area contributed by atoms with E-state index in [1.165, 1.54) is 19.3 Å². The first-order chi connectivity index (χ1) is 15.8. The fraction of sp³-hybridized carbons (Fsp3) is 0.522. The highest BCUT2D eigenvalue weighted by atomic mass is 35.5. The van der Waals surface area contributed by atoms with E-state index in [4.69, 9.17) is 35.3 Å². The molecule has 2 aliphatic heterocycles. The molecule has 4 rings (SSSR count). The van der Waals surface area contributed by atoms with Gasteiger partial charge in [-0.25, -0.2) is 4.79 Å². The molecule has 1 N–H and O–H groups in total. The van der Waals surface area contributed by atoms with E-state index in [1.807, 2.05) is 0 Å². The van der Waals surface area contributed by atoms with Crippen molar-refractivity contribution in [1.82, 2.24) is 0 Å². The molecular formula is C23H25ClO9. The number of carbonyl (C=O) groups is 3. The van der Waals surface area contributed by atoms with Crippen molar-refractivity contribution in [2.24, 2.45) is 5.92 Å². The van der Waals surface area contributed by atoms with Gasteiger partial charge in [-0.1, -0.05) is 18.5 Å². The summed E-state index contributed by atoms with van der Waals surface area (Å²) in [5, 5.41) is 9.39. The van der Waals surface area contributed by atoms with Crippen LogP contribution >= 0.6 is 11.6 Å². The standard InChI is InChI=1S/C23H25ClO9/c1-12-9-13(25)10-16(29-2)23(12)21(26)18-15(11-14(22(27)28)19(24)20(18)33-23)30-7-8-32-17-5-3-4-6-31-17/h10-12,17H,3-9H2,1-2H3,(H,27,28)/t12-,17?,23+/m1/s1. The number of allylic oxidation sites excluding steroid dienone is 1. The summed E-state index contributed by atoms with van der Waals surface area (Å²) in [5.74, 6) is -2.62. The minimum Gasteiger partial charge on any atom is -0.496 e. The zero-order valence-electron chi connectivity index (χ0n) is 18.4. The first-order valence-corrected chi connectivity index (χ1v) is 11.2. The van der Waals surface area contributed by atoms with Gasteiger partial charge in [-0.3, -0.25) is 9.59 Å². The lowest BCUT2D eigenvalue weighted by Gasteiger charge is -2.36. The lowest BCUT2D eigenvalue weighted by atomic mass is 9.75. The zero-order valence-corrected chi connectivity index (χ0v) is 19.1. The van der Waals surface area contributed by atoms with Gasteiger partial charge in [0.25, 0.3) is 0 Å². The molecule has 1 spiro atoms. The molecular weight excluding hydrogens is 456 g/mol. The van der Waals surface area contributed by atoms with Gasteiger partial charge in [-0.2, -0.15) is 0 Å². The average molecular weight is 481 g/mol. The van der Waals surface area contributed by atoms with Crippen molar-refractivity contribution in [3.63, 3.8) is 0 Å². The number of carboxylic acids is 1. The second kappa shape index (κ2) is 9.32. The van der Waals surface area contributed by atoms with E-state index in [9.17, 15) is 19.5 Å². The Hall–Kier alpha value is -2.62. The molecule has 0 aromatic heterocycles. The molecule has 9 nitrogen and oxygen atoms in total. The third-order valence-electron chi connectivity index (χ3n) is 6.10. The maximum absolute atomic E-state index is 13.7. The van der Waals surface area contributed by atoms with Gasteiger partial charge >= 0.3 is 5.97 Å². The van der Waals surface area contributed by atoms with Crippen LogP contribution in [0.5, 0.6) is 11.5 Å². The fourth-order valence-electron chi connectivity index (χ4n) is 4.46. The lowest BCUT2D eigenvalue weighted by Crippen LogP contribution is -2.51. The number of fused-ring (bicyclic) bond motifs is 1. The second-order valence-corrected chi connectivity index (χ2v) is 8.59. The first kappa shape index (κ1) is 23.5. The number of methoxy groups -OCH3 is 1.